The predicted octanol–water partition coefficient (Wildman–Crippen LogP) is 2.60. The van der Waals surface area contributed by atoms with E-state index in [1.54, 1.807) is 6.26 Å². The van der Waals surface area contributed by atoms with Crippen molar-refractivity contribution in [3.05, 3.63) is 34.9 Å². The number of aromatic nitrogens is 3. The number of thiazole rings is 1. The van der Waals surface area contributed by atoms with E-state index in [1.807, 2.05) is 19.1 Å². The van der Waals surface area contributed by atoms with Crippen LogP contribution in [0, 0.1) is 6.92 Å². The highest BCUT2D eigenvalue weighted by atomic mass is 32.1. The van der Waals surface area contributed by atoms with E-state index in [1.165, 1.54) is 15.9 Å². The second-order valence-corrected chi connectivity index (χ2v) is 7.28. The molecule has 0 spiro atoms. The monoisotopic (exact) mass is 348 g/mol. The van der Waals surface area contributed by atoms with Crippen molar-refractivity contribution in [1.29, 1.82) is 0 Å². The highest BCUT2D eigenvalue weighted by molar-refractivity contribution is 7.17. The van der Waals surface area contributed by atoms with Gasteiger partial charge < -0.3 is 14.3 Å². The van der Waals surface area contributed by atoms with Crippen LogP contribution in [0.3, 0.4) is 0 Å². The maximum Gasteiger partial charge on any atom is 0.230 e. The first kappa shape index (κ1) is 15.6. The quantitative estimate of drug-likeness (QED) is 0.784. The molecule has 4 heterocycles. The summed E-state index contributed by atoms with van der Waals surface area (Å²) in [6.45, 7) is 7.47. The van der Waals surface area contributed by atoms with Gasteiger partial charge in [0.2, 0.25) is 10.8 Å². The summed E-state index contributed by atoms with van der Waals surface area (Å²) in [6, 6.07) is 3.63. The number of aromatic hydroxyl groups is 1. The lowest BCUT2D eigenvalue weighted by molar-refractivity contribution is -0.0781. The molecule has 1 aliphatic rings. The van der Waals surface area contributed by atoms with Gasteiger partial charge in [-0.1, -0.05) is 11.3 Å². The maximum atomic E-state index is 10.7. The van der Waals surface area contributed by atoms with Crippen LogP contribution >= 0.6 is 11.3 Å². The Hall–Kier alpha value is -1.90. The normalized spacial score (nSPS) is 23.8. The van der Waals surface area contributed by atoms with Crippen molar-refractivity contribution >= 4 is 16.3 Å². The molecule has 0 aliphatic carbocycles. The molecule has 3 aromatic heterocycles. The number of rotatable bonds is 3. The van der Waals surface area contributed by atoms with Gasteiger partial charge in [0.05, 0.1) is 23.3 Å². The summed E-state index contributed by atoms with van der Waals surface area (Å²) in [6.07, 6.45) is 1.91. The third-order valence-corrected chi connectivity index (χ3v) is 5.25. The van der Waals surface area contributed by atoms with Crippen LogP contribution in [0.5, 0.6) is 5.88 Å². The van der Waals surface area contributed by atoms with E-state index in [4.69, 9.17) is 9.15 Å². The van der Waals surface area contributed by atoms with Crippen molar-refractivity contribution in [3.8, 4) is 5.88 Å². The summed E-state index contributed by atoms with van der Waals surface area (Å²) in [7, 11) is 0. The number of hydrogen-bond acceptors (Lipinski definition) is 7. The van der Waals surface area contributed by atoms with Crippen LogP contribution in [0.2, 0.25) is 0 Å². The molecule has 1 aliphatic heterocycles. The molecule has 1 N–H and O–H groups in total. The van der Waals surface area contributed by atoms with E-state index in [9.17, 15) is 5.11 Å². The molecule has 0 saturated carbocycles. The van der Waals surface area contributed by atoms with Crippen molar-refractivity contribution < 1.29 is 14.3 Å². The van der Waals surface area contributed by atoms with E-state index in [0.717, 1.165) is 23.7 Å². The van der Waals surface area contributed by atoms with Gasteiger partial charge in [0.15, 0.2) is 0 Å². The summed E-state index contributed by atoms with van der Waals surface area (Å²) in [4.78, 5) is 8.14. The second-order valence-electron chi connectivity index (χ2n) is 6.27. The first-order chi connectivity index (χ1) is 11.5. The minimum atomic E-state index is -0.178. The third kappa shape index (κ3) is 2.60. The molecule has 0 bridgehead atoms. The lowest BCUT2D eigenvalue weighted by Crippen LogP contribution is -2.47. The Balaban J connectivity index is 1.80. The second kappa shape index (κ2) is 5.87. The van der Waals surface area contributed by atoms with Crippen LogP contribution < -0.4 is 0 Å². The third-order valence-electron chi connectivity index (χ3n) is 4.18. The zero-order valence-electron chi connectivity index (χ0n) is 13.8. The Bertz CT molecular complexity index is 831. The molecule has 7 nitrogen and oxygen atoms in total. The standard InChI is InChI=1S/C16H20N4O3S/c1-9-7-19(8-10(2)23-9)13(12-5-4-6-22-12)14-15(21)20-16(24-14)17-11(3)18-20/h4-6,9-10,13,21H,7-8H2,1-3H3/t9-,10+,13-/m0/s1. The van der Waals surface area contributed by atoms with Gasteiger partial charge in [0.1, 0.15) is 17.6 Å². The largest absolute Gasteiger partial charge is 0.492 e. The lowest BCUT2D eigenvalue weighted by Gasteiger charge is -2.39. The molecule has 0 unspecified atom stereocenters. The van der Waals surface area contributed by atoms with E-state index in [0.29, 0.717) is 10.8 Å². The fraction of sp³-hybridized carbons (Fsp3) is 0.500. The number of morpholine rings is 1. The summed E-state index contributed by atoms with van der Waals surface area (Å²) in [5, 5.41) is 15.0. The van der Waals surface area contributed by atoms with Gasteiger partial charge in [0, 0.05) is 13.1 Å². The minimum Gasteiger partial charge on any atom is -0.492 e. The topological polar surface area (TPSA) is 76.0 Å². The van der Waals surface area contributed by atoms with Crippen molar-refractivity contribution in [2.75, 3.05) is 13.1 Å². The average Bonchev–Trinajstić information content (AvgIpc) is 3.20. The lowest BCUT2D eigenvalue weighted by atomic mass is 10.1. The Labute approximate surface area is 143 Å². The Morgan fingerprint density at radius 1 is 1.33 bits per heavy atom. The van der Waals surface area contributed by atoms with Crippen LogP contribution in [0.15, 0.2) is 22.8 Å². The van der Waals surface area contributed by atoms with Crippen molar-refractivity contribution in [3.63, 3.8) is 0 Å². The number of nitrogens with zero attached hydrogens (tertiary/aromatic N) is 4. The van der Waals surface area contributed by atoms with Crippen LogP contribution in [-0.2, 0) is 4.74 Å². The molecular weight excluding hydrogens is 328 g/mol. The van der Waals surface area contributed by atoms with Crippen molar-refractivity contribution in [2.45, 2.75) is 39.0 Å². The van der Waals surface area contributed by atoms with Crippen LogP contribution in [-0.4, -0.2) is 49.9 Å². The van der Waals surface area contributed by atoms with Gasteiger partial charge in [-0.25, -0.2) is 4.98 Å². The molecule has 0 radical (unpaired) electrons. The molecule has 1 fully saturated rings. The molecule has 0 aromatic carbocycles. The number of furan rings is 1. The van der Waals surface area contributed by atoms with Gasteiger partial charge in [-0.05, 0) is 32.9 Å². The number of aryl methyl sites for hydroxylation is 1. The van der Waals surface area contributed by atoms with E-state index < -0.39 is 0 Å². The zero-order chi connectivity index (χ0) is 16.8. The maximum absolute atomic E-state index is 10.7. The van der Waals surface area contributed by atoms with Crippen LogP contribution in [0.1, 0.15) is 36.4 Å². The molecule has 128 valence electrons. The van der Waals surface area contributed by atoms with Crippen LogP contribution in [0.25, 0.3) is 4.96 Å². The summed E-state index contributed by atoms with van der Waals surface area (Å²) in [5.74, 6) is 1.57. The first-order valence-corrected chi connectivity index (χ1v) is 8.82. The molecule has 8 heteroatoms. The minimum absolute atomic E-state index is 0.123. The summed E-state index contributed by atoms with van der Waals surface area (Å²) < 4.78 is 13.0. The first-order valence-electron chi connectivity index (χ1n) is 8.01. The number of ether oxygens (including phenoxy) is 1. The van der Waals surface area contributed by atoms with Gasteiger partial charge in [-0.3, -0.25) is 4.90 Å². The Morgan fingerprint density at radius 3 is 2.71 bits per heavy atom. The fourth-order valence-corrected chi connectivity index (χ4v) is 4.52. The molecule has 3 aromatic rings. The summed E-state index contributed by atoms with van der Waals surface area (Å²) >= 11 is 1.44. The summed E-state index contributed by atoms with van der Waals surface area (Å²) in [5.41, 5.74) is 0. The SMILES string of the molecule is Cc1nc2sc([C@H](c3ccco3)N3C[C@@H](C)O[C@@H](C)C3)c(O)n2n1. The average molecular weight is 348 g/mol. The molecule has 4 rings (SSSR count). The smallest absolute Gasteiger partial charge is 0.230 e. The molecule has 3 atom stereocenters. The van der Waals surface area contributed by atoms with Gasteiger partial charge in [0.25, 0.3) is 0 Å². The van der Waals surface area contributed by atoms with Gasteiger partial charge >= 0.3 is 0 Å². The Morgan fingerprint density at radius 2 is 2.08 bits per heavy atom. The number of hydrogen-bond donors (Lipinski definition) is 1. The van der Waals surface area contributed by atoms with Gasteiger partial charge in [-0.15, -0.1) is 5.10 Å². The van der Waals surface area contributed by atoms with E-state index in [-0.39, 0.29) is 24.1 Å². The fourth-order valence-electron chi connectivity index (χ4n) is 3.38. The van der Waals surface area contributed by atoms with E-state index >= 15 is 0 Å². The van der Waals surface area contributed by atoms with Crippen molar-refractivity contribution in [2.24, 2.45) is 0 Å². The van der Waals surface area contributed by atoms with Gasteiger partial charge in [-0.2, -0.15) is 4.52 Å². The Kier molecular flexibility index (Phi) is 3.82. The van der Waals surface area contributed by atoms with Crippen LogP contribution in [0.4, 0.5) is 0 Å². The molecular formula is C16H20N4O3S. The zero-order valence-corrected chi connectivity index (χ0v) is 14.7. The highest BCUT2D eigenvalue weighted by Crippen LogP contribution is 2.40. The molecule has 0 amide bonds. The molecule has 24 heavy (non-hydrogen) atoms. The van der Waals surface area contributed by atoms with Crippen molar-refractivity contribution in [1.82, 2.24) is 19.5 Å². The highest BCUT2D eigenvalue weighted by Gasteiger charge is 2.35. The molecule has 1 saturated heterocycles. The number of fused-ring (bicyclic) bond motifs is 1. The van der Waals surface area contributed by atoms with E-state index in [2.05, 4.69) is 28.8 Å². The predicted molar refractivity (Wildman–Crippen MR) is 89.4 cm³/mol.